The van der Waals surface area contributed by atoms with Gasteiger partial charge in [0.15, 0.2) is 0 Å². The molecule has 0 aliphatic rings. The van der Waals surface area contributed by atoms with Gasteiger partial charge in [0.25, 0.3) is 0 Å². The first-order chi connectivity index (χ1) is 28.1. The fourth-order valence-electron chi connectivity index (χ4n) is 8.58. The molecule has 10 rings (SSSR count). The zero-order valence-electron chi connectivity index (χ0n) is 30.6. The van der Waals surface area contributed by atoms with Gasteiger partial charge < -0.3 is 4.57 Å². The van der Waals surface area contributed by atoms with Crippen LogP contribution in [0.25, 0.3) is 93.5 Å². The predicted octanol–water partition coefficient (Wildman–Crippen LogP) is 13.4. The van der Waals surface area contributed by atoms with Crippen LogP contribution in [-0.2, 0) is 0 Å². The van der Waals surface area contributed by atoms with E-state index in [1.54, 1.807) is 0 Å². The van der Waals surface area contributed by atoms with E-state index in [4.69, 9.17) is 0 Å². The van der Waals surface area contributed by atoms with Crippen LogP contribution in [0.5, 0.6) is 0 Å². The van der Waals surface area contributed by atoms with Crippen LogP contribution in [0.15, 0.2) is 182 Å². The molecule has 4 nitrogen and oxygen atoms in total. The molecule has 9 aromatic carbocycles. The third-order valence-electron chi connectivity index (χ3n) is 11.1. The van der Waals surface area contributed by atoms with E-state index in [1.807, 2.05) is 72.8 Å². The Morgan fingerprint density at radius 3 is 1.53 bits per heavy atom. The van der Waals surface area contributed by atoms with Crippen LogP contribution in [-0.4, -0.2) is 4.57 Å². The van der Waals surface area contributed by atoms with E-state index >= 15 is 0 Å². The van der Waals surface area contributed by atoms with Crippen LogP contribution in [0.2, 0.25) is 0 Å². The van der Waals surface area contributed by atoms with Gasteiger partial charge in [-0.1, -0.05) is 133 Å². The first-order valence-corrected chi connectivity index (χ1v) is 18.8. The van der Waals surface area contributed by atoms with Crippen molar-refractivity contribution in [3.8, 4) is 68.4 Å². The van der Waals surface area contributed by atoms with Crippen molar-refractivity contribution in [2.24, 2.45) is 0 Å². The molecule has 0 aliphatic heterocycles. The Labute approximate surface area is 329 Å². The first-order valence-electron chi connectivity index (χ1n) is 18.8. The van der Waals surface area contributed by atoms with Crippen molar-refractivity contribution < 1.29 is 0 Å². The third kappa shape index (κ3) is 5.43. The van der Waals surface area contributed by atoms with E-state index in [1.165, 1.54) is 38.2 Å². The smallest absolute Gasteiger partial charge is 0.0998 e. The molecule has 0 amide bonds. The van der Waals surface area contributed by atoms with Crippen molar-refractivity contribution in [1.29, 1.82) is 15.8 Å². The number of fused-ring (bicyclic) bond motifs is 5. The molecule has 0 saturated heterocycles. The normalized spacial score (nSPS) is 11.1. The van der Waals surface area contributed by atoms with Crippen LogP contribution < -0.4 is 0 Å². The predicted molar refractivity (Wildman–Crippen MR) is 232 cm³/mol. The van der Waals surface area contributed by atoms with Crippen molar-refractivity contribution in [3.05, 3.63) is 199 Å². The summed E-state index contributed by atoms with van der Waals surface area (Å²) in [7, 11) is 0. The van der Waals surface area contributed by atoms with Gasteiger partial charge in [-0.15, -0.1) is 0 Å². The molecule has 0 N–H and O–H groups in total. The highest BCUT2D eigenvalue weighted by Gasteiger charge is 2.19. The summed E-state index contributed by atoms with van der Waals surface area (Å²) >= 11 is 0. The molecule has 10 aromatic rings. The molecule has 0 fully saturated rings. The lowest BCUT2D eigenvalue weighted by Gasteiger charge is -2.18. The maximum atomic E-state index is 10.5. The minimum Gasteiger partial charge on any atom is -0.309 e. The topological polar surface area (TPSA) is 76.3 Å². The molecule has 262 valence electrons. The Balaban J connectivity index is 1.07. The molecule has 0 radical (unpaired) electrons. The minimum atomic E-state index is 0.469. The molecule has 0 unspecified atom stereocenters. The van der Waals surface area contributed by atoms with Gasteiger partial charge in [-0.2, -0.15) is 15.8 Å². The van der Waals surface area contributed by atoms with E-state index in [0.717, 1.165) is 44.2 Å². The van der Waals surface area contributed by atoms with Crippen LogP contribution in [0, 0.1) is 34.0 Å². The number of para-hydroxylation sites is 1. The van der Waals surface area contributed by atoms with Gasteiger partial charge in [-0.25, -0.2) is 0 Å². The Bertz CT molecular complexity index is 3330. The number of aromatic nitrogens is 1. The second-order valence-corrected chi connectivity index (χ2v) is 14.2. The van der Waals surface area contributed by atoms with Crippen LogP contribution in [0.4, 0.5) is 0 Å². The van der Waals surface area contributed by atoms with Crippen LogP contribution in [0.1, 0.15) is 16.7 Å². The molecule has 1 heterocycles. The molecule has 57 heavy (non-hydrogen) atoms. The van der Waals surface area contributed by atoms with Crippen molar-refractivity contribution >= 4 is 43.4 Å². The lowest BCUT2D eigenvalue weighted by Crippen LogP contribution is -1.97. The molecular weight excluding hydrogens is 693 g/mol. The van der Waals surface area contributed by atoms with E-state index < -0.39 is 0 Å². The van der Waals surface area contributed by atoms with Crippen LogP contribution in [0.3, 0.4) is 0 Å². The van der Waals surface area contributed by atoms with Gasteiger partial charge in [-0.3, -0.25) is 0 Å². The highest BCUT2D eigenvalue weighted by Crippen LogP contribution is 2.44. The number of nitriles is 3. The lowest BCUT2D eigenvalue weighted by molar-refractivity contribution is 1.18. The number of rotatable bonds is 5. The molecule has 1 aromatic heterocycles. The second-order valence-electron chi connectivity index (χ2n) is 14.2. The standard InChI is InChI=1S/C53H30N4/c54-31-34-21-26-51-49(27-34)44-15-8-9-20-50(44)57(51)41-23-25-43(40(30-41)33-56)42-24-22-37(29-39(42)32-55)36-13-10-14-38(28-36)53-47-18-6-4-16-45(47)52(35-11-2-1-3-12-35)46-17-5-7-19-48(46)53/h1-30H. The Hall–Kier alpha value is -8.23. The number of nitrogens with zero attached hydrogens (tertiary/aromatic N) is 4. The van der Waals surface area contributed by atoms with E-state index in [0.29, 0.717) is 27.8 Å². The first kappa shape index (κ1) is 33.3. The van der Waals surface area contributed by atoms with Gasteiger partial charge in [0.2, 0.25) is 0 Å². The van der Waals surface area contributed by atoms with Gasteiger partial charge in [0.1, 0.15) is 0 Å². The number of hydrogen-bond donors (Lipinski definition) is 0. The quantitative estimate of drug-likeness (QED) is 0.166. The van der Waals surface area contributed by atoms with Gasteiger partial charge >= 0.3 is 0 Å². The molecule has 0 aliphatic carbocycles. The fraction of sp³-hybridized carbons (Fsp3) is 0. The van der Waals surface area contributed by atoms with E-state index in [-0.39, 0.29) is 0 Å². The molecule has 0 atom stereocenters. The second kappa shape index (κ2) is 13.6. The van der Waals surface area contributed by atoms with Gasteiger partial charge in [0, 0.05) is 27.6 Å². The number of hydrogen-bond acceptors (Lipinski definition) is 3. The van der Waals surface area contributed by atoms with Crippen molar-refractivity contribution in [2.45, 2.75) is 0 Å². The highest BCUT2D eigenvalue weighted by atomic mass is 15.0. The lowest BCUT2D eigenvalue weighted by atomic mass is 9.85. The maximum Gasteiger partial charge on any atom is 0.0998 e. The number of benzene rings is 9. The summed E-state index contributed by atoms with van der Waals surface area (Å²) in [5, 5.41) is 37.4. The fourth-order valence-corrected chi connectivity index (χ4v) is 8.58. The minimum absolute atomic E-state index is 0.469. The SMILES string of the molecule is N#Cc1ccc2c(c1)c1ccccc1n2-c1ccc(-c2ccc(-c3cccc(-c4c5ccccc5c(-c5ccccc5)c5ccccc45)c3)cc2C#N)c(C#N)c1. The average Bonchev–Trinajstić information content (AvgIpc) is 3.61. The maximum absolute atomic E-state index is 10.5. The van der Waals surface area contributed by atoms with Crippen molar-refractivity contribution in [3.63, 3.8) is 0 Å². The average molecular weight is 723 g/mol. The summed E-state index contributed by atoms with van der Waals surface area (Å²) in [6, 6.07) is 69.0. The van der Waals surface area contributed by atoms with E-state index in [2.05, 4.69) is 132 Å². The zero-order valence-corrected chi connectivity index (χ0v) is 30.6. The molecule has 0 bridgehead atoms. The highest BCUT2D eigenvalue weighted by molar-refractivity contribution is 6.21. The van der Waals surface area contributed by atoms with E-state index in [9.17, 15) is 15.8 Å². The molecule has 0 saturated carbocycles. The summed E-state index contributed by atoms with van der Waals surface area (Å²) in [5.74, 6) is 0. The molecule has 0 spiro atoms. The van der Waals surface area contributed by atoms with Crippen molar-refractivity contribution in [1.82, 2.24) is 4.57 Å². The van der Waals surface area contributed by atoms with Gasteiger partial charge in [-0.05, 0) is 103 Å². The van der Waals surface area contributed by atoms with Crippen LogP contribution >= 0.6 is 0 Å². The summed E-state index contributed by atoms with van der Waals surface area (Å²) in [5.41, 5.74) is 12.3. The molecule has 4 heteroatoms. The molecular formula is C53H30N4. The van der Waals surface area contributed by atoms with Gasteiger partial charge in [0.05, 0.1) is 45.9 Å². The summed E-state index contributed by atoms with van der Waals surface area (Å²) in [6.07, 6.45) is 0. The zero-order chi connectivity index (χ0) is 38.5. The third-order valence-corrected chi connectivity index (χ3v) is 11.1. The van der Waals surface area contributed by atoms with Crippen molar-refractivity contribution in [2.75, 3.05) is 0 Å². The summed E-state index contributed by atoms with van der Waals surface area (Å²) in [6.45, 7) is 0. The monoisotopic (exact) mass is 722 g/mol. The Morgan fingerprint density at radius 1 is 0.333 bits per heavy atom. The summed E-state index contributed by atoms with van der Waals surface area (Å²) in [4.78, 5) is 0. The summed E-state index contributed by atoms with van der Waals surface area (Å²) < 4.78 is 2.12. The Kier molecular flexibility index (Phi) is 7.94. The Morgan fingerprint density at radius 2 is 0.860 bits per heavy atom. The largest absolute Gasteiger partial charge is 0.309 e.